The first-order valence-electron chi connectivity index (χ1n) is 12.0. The Labute approximate surface area is 195 Å². The number of aliphatic hydroxyl groups excluding tert-OH is 1. The molecule has 7 heteroatoms. The lowest BCUT2D eigenvalue weighted by Crippen LogP contribution is -2.31. The lowest BCUT2D eigenvalue weighted by molar-refractivity contribution is -0.168. The first-order chi connectivity index (χ1) is 15.9. The first-order valence-corrected chi connectivity index (χ1v) is 12.0. The molecule has 2 rings (SSSR count). The zero-order valence-electron chi connectivity index (χ0n) is 19.4. The Kier molecular flexibility index (Phi) is 11.8. The summed E-state index contributed by atoms with van der Waals surface area (Å²) >= 11 is 0. The lowest BCUT2D eigenvalue weighted by atomic mass is 9.75. The van der Waals surface area contributed by atoms with Gasteiger partial charge in [-0.1, -0.05) is 56.6 Å². The summed E-state index contributed by atoms with van der Waals surface area (Å²) in [5.74, 6) is -1.68. The molecule has 33 heavy (non-hydrogen) atoms. The largest absolute Gasteiger partial charge is 0.479 e. The van der Waals surface area contributed by atoms with E-state index in [9.17, 15) is 23.8 Å². The Balaban J connectivity index is 1.88. The van der Waals surface area contributed by atoms with E-state index in [2.05, 4.69) is 6.92 Å². The number of carboxylic acids is 1. The Bertz CT molecular complexity index is 703. The highest BCUT2D eigenvalue weighted by Gasteiger charge is 2.52. The van der Waals surface area contributed by atoms with Crippen LogP contribution in [0.5, 0.6) is 0 Å². The van der Waals surface area contributed by atoms with E-state index in [0.29, 0.717) is 19.3 Å². The second-order valence-electron chi connectivity index (χ2n) is 8.73. The van der Waals surface area contributed by atoms with Crippen LogP contribution >= 0.6 is 0 Å². The highest BCUT2D eigenvalue weighted by Crippen LogP contribution is 2.54. The molecule has 1 aliphatic heterocycles. The van der Waals surface area contributed by atoms with E-state index in [4.69, 9.17) is 9.47 Å². The van der Waals surface area contributed by atoms with Crippen molar-refractivity contribution in [2.45, 2.75) is 89.6 Å². The second-order valence-corrected chi connectivity index (χ2v) is 8.73. The minimum absolute atomic E-state index is 0.225. The van der Waals surface area contributed by atoms with Crippen LogP contribution in [-0.4, -0.2) is 34.7 Å². The number of carbonyl (C=O) groups is 1. The summed E-state index contributed by atoms with van der Waals surface area (Å²) in [6.07, 6.45) is 15.8. The van der Waals surface area contributed by atoms with Gasteiger partial charge in [0.05, 0.1) is 17.8 Å². The summed E-state index contributed by atoms with van der Waals surface area (Å²) in [6.45, 7) is 2.13. The molecule has 2 aliphatic rings. The molecule has 0 saturated heterocycles. The normalized spacial score (nSPS) is 28.2. The zero-order chi connectivity index (χ0) is 24.1. The fourth-order valence-electron chi connectivity index (χ4n) is 4.44. The molecular formula is C26H37F2O5. The van der Waals surface area contributed by atoms with Crippen molar-refractivity contribution in [1.29, 1.82) is 0 Å². The number of halogens is 2. The summed E-state index contributed by atoms with van der Waals surface area (Å²) in [5, 5.41) is 19.8. The number of unbranched alkanes of at least 4 members (excludes halogenated alkanes) is 4. The Morgan fingerprint density at radius 1 is 1.21 bits per heavy atom. The Morgan fingerprint density at radius 2 is 2.03 bits per heavy atom. The van der Waals surface area contributed by atoms with Crippen molar-refractivity contribution in [3.05, 3.63) is 55.2 Å². The average molecular weight is 468 g/mol. The van der Waals surface area contributed by atoms with Gasteiger partial charge in [-0.3, -0.25) is 0 Å². The maximum absolute atomic E-state index is 14.1. The third-order valence-corrected chi connectivity index (χ3v) is 6.37. The van der Waals surface area contributed by atoms with Crippen molar-refractivity contribution in [1.82, 2.24) is 0 Å². The van der Waals surface area contributed by atoms with Crippen molar-refractivity contribution >= 4 is 5.97 Å². The summed E-state index contributed by atoms with van der Waals surface area (Å²) < 4.78 is 38.8. The van der Waals surface area contributed by atoms with Crippen LogP contribution in [0, 0.1) is 17.8 Å². The maximum Gasteiger partial charge on any atom is 0.333 e. The van der Waals surface area contributed by atoms with E-state index in [-0.39, 0.29) is 12.8 Å². The number of aliphatic carboxylic acids is 1. The van der Waals surface area contributed by atoms with Crippen LogP contribution < -0.4 is 0 Å². The molecule has 2 unspecified atom stereocenters. The molecule has 185 valence electrons. The minimum Gasteiger partial charge on any atom is -0.479 e. The van der Waals surface area contributed by atoms with Gasteiger partial charge in [0.1, 0.15) is 0 Å². The first kappa shape index (κ1) is 27.3. The molecule has 2 N–H and O–H groups in total. The standard InChI is InChI=1S/C26H37F2O5/c1-2-3-4-5-6-11-17-26(25(27)28)18-16-21(29)20(26)13-8-7-9-14-22(24(30)31)33-23-15-10-12-19-32-23/h7-8,10-12,15,17,19-23,29H,2-6,9,13-14,16,18H2,1H3,(H,30,31)/b8-7?,17-11+/t20-,21-,22?,23?,26-/m0/s1. The van der Waals surface area contributed by atoms with Gasteiger partial charge in [0, 0.05) is 5.92 Å². The number of carboxylic acid groups (broad SMARTS) is 1. The van der Waals surface area contributed by atoms with E-state index in [0.717, 1.165) is 32.1 Å². The van der Waals surface area contributed by atoms with Crippen molar-refractivity contribution in [2.75, 3.05) is 0 Å². The molecule has 0 aromatic heterocycles. The molecule has 1 aliphatic carbocycles. The van der Waals surface area contributed by atoms with Gasteiger partial charge < -0.3 is 19.7 Å². The number of allylic oxidation sites excluding steroid dienone is 6. The molecule has 0 aromatic carbocycles. The number of ether oxygens (including phenoxy) is 2. The van der Waals surface area contributed by atoms with Gasteiger partial charge in [-0.05, 0) is 57.1 Å². The van der Waals surface area contributed by atoms with E-state index in [1.54, 1.807) is 36.5 Å². The number of hydrogen-bond donors (Lipinski definition) is 2. The fourth-order valence-corrected chi connectivity index (χ4v) is 4.44. The van der Waals surface area contributed by atoms with Crippen LogP contribution in [0.1, 0.15) is 71.1 Å². The molecule has 5 atom stereocenters. The smallest absolute Gasteiger partial charge is 0.333 e. The molecule has 1 heterocycles. The average Bonchev–Trinajstić information content (AvgIpc) is 3.12. The molecule has 1 saturated carbocycles. The van der Waals surface area contributed by atoms with Crippen LogP contribution in [0.25, 0.3) is 0 Å². The maximum atomic E-state index is 14.1. The number of hydrogen-bond acceptors (Lipinski definition) is 4. The van der Waals surface area contributed by atoms with Crippen molar-refractivity contribution in [2.24, 2.45) is 11.3 Å². The predicted octanol–water partition coefficient (Wildman–Crippen LogP) is 6.32. The van der Waals surface area contributed by atoms with Crippen LogP contribution in [0.3, 0.4) is 0 Å². The predicted molar refractivity (Wildman–Crippen MR) is 123 cm³/mol. The summed E-state index contributed by atoms with van der Waals surface area (Å²) in [6, 6.07) is 0. The Hall–Kier alpha value is -1.99. The molecule has 0 amide bonds. The number of rotatable bonds is 15. The molecule has 0 spiro atoms. The summed E-state index contributed by atoms with van der Waals surface area (Å²) in [7, 11) is 0. The van der Waals surface area contributed by atoms with Crippen molar-refractivity contribution in [3.8, 4) is 0 Å². The lowest BCUT2D eigenvalue weighted by Gasteiger charge is -2.31. The van der Waals surface area contributed by atoms with Crippen LogP contribution in [-0.2, 0) is 14.3 Å². The topological polar surface area (TPSA) is 76.0 Å². The van der Waals surface area contributed by atoms with Crippen molar-refractivity contribution in [3.63, 3.8) is 0 Å². The summed E-state index contributed by atoms with van der Waals surface area (Å²) in [5.41, 5.74) is -1.39. The molecule has 0 bridgehead atoms. The van der Waals surface area contributed by atoms with Gasteiger partial charge in [-0.2, -0.15) is 8.78 Å². The van der Waals surface area contributed by atoms with Crippen molar-refractivity contribution < 1.29 is 33.3 Å². The van der Waals surface area contributed by atoms with Gasteiger partial charge in [0.2, 0.25) is 6.29 Å². The van der Waals surface area contributed by atoms with E-state index < -0.39 is 42.2 Å². The molecule has 1 fully saturated rings. The third-order valence-electron chi connectivity index (χ3n) is 6.37. The summed E-state index contributed by atoms with van der Waals surface area (Å²) in [4.78, 5) is 11.5. The quantitative estimate of drug-likeness (QED) is 0.218. The minimum atomic E-state index is -1.64. The molecule has 1 radical (unpaired) electrons. The highest BCUT2D eigenvalue weighted by molar-refractivity contribution is 5.72. The second kappa shape index (κ2) is 14.3. The van der Waals surface area contributed by atoms with Gasteiger partial charge in [0.15, 0.2) is 6.10 Å². The molecule has 5 nitrogen and oxygen atoms in total. The third kappa shape index (κ3) is 8.38. The zero-order valence-corrected chi connectivity index (χ0v) is 19.4. The molecular weight excluding hydrogens is 430 g/mol. The molecule has 0 aromatic rings. The van der Waals surface area contributed by atoms with Crippen LogP contribution in [0.4, 0.5) is 8.78 Å². The Morgan fingerprint density at radius 3 is 2.70 bits per heavy atom. The highest BCUT2D eigenvalue weighted by atomic mass is 19.3. The number of aliphatic hydroxyl groups is 1. The van der Waals surface area contributed by atoms with Gasteiger partial charge >= 0.3 is 12.4 Å². The van der Waals surface area contributed by atoms with Crippen LogP contribution in [0.15, 0.2) is 48.8 Å². The van der Waals surface area contributed by atoms with E-state index in [1.165, 1.54) is 6.26 Å². The van der Waals surface area contributed by atoms with Gasteiger partial charge in [-0.25, -0.2) is 4.79 Å². The van der Waals surface area contributed by atoms with Gasteiger partial charge in [-0.15, -0.1) is 0 Å². The van der Waals surface area contributed by atoms with Gasteiger partial charge in [0.25, 0.3) is 0 Å². The van der Waals surface area contributed by atoms with E-state index in [1.807, 2.05) is 6.08 Å². The van der Waals surface area contributed by atoms with E-state index >= 15 is 0 Å². The SMILES string of the molecule is CCCCCC/C=C/[C@]1([C](F)F)CC[C@H](O)[C@@H]1CC=CCCC(OC1C=CC=CO1)C(=O)O. The van der Waals surface area contributed by atoms with Crippen LogP contribution in [0.2, 0.25) is 0 Å². The fraction of sp³-hybridized carbons (Fsp3) is 0.615. The monoisotopic (exact) mass is 467 g/mol.